The summed E-state index contributed by atoms with van der Waals surface area (Å²) in [5.74, 6) is -0.412. The number of rotatable bonds is 9. The van der Waals surface area contributed by atoms with Gasteiger partial charge in [0.05, 0.1) is 16.5 Å². The molecule has 1 aliphatic carbocycles. The normalized spacial score (nSPS) is 14.6. The highest BCUT2D eigenvalue weighted by atomic mass is 35.5. The van der Waals surface area contributed by atoms with Gasteiger partial charge < -0.3 is 10.2 Å². The fourth-order valence-electron chi connectivity index (χ4n) is 4.88. The maximum Gasteiger partial charge on any atom is 0.243 e. The molecule has 2 amide bonds. The van der Waals surface area contributed by atoms with Gasteiger partial charge in [-0.2, -0.15) is 0 Å². The summed E-state index contributed by atoms with van der Waals surface area (Å²) in [7, 11) is 0. The minimum absolute atomic E-state index is 0.0426. The van der Waals surface area contributed by atoms with E-state index in [0.29, 0.717) is 37.6 Å². The molecule has 0 bridgehead atoms. The standard InChI is InChI=1S/C30H30Cl4N2O2/c31-24-12-7-13-25(32)23(24)19-36(29(37)18-21-14-15-26(33)27(34)16-21)28(17-20-8-3-1-4-9-20)30(38)35-22-10-5-2-6-11-22/h1,3-4,7-9,12-16,22,28H,2,5-6,10-11,17-19H2,(H,35,38)/t28-/m0/s1. The van der Waals surface area contributed by atoms with E-state index in [0.717, 1.165) is 31.2 Å². The molecule has 1 fully saturated rings. The van der Waals surface area contributed by atoms with Crippen LogP contribution in [0.5, 0.6) is 0 Å². The molecule has 8 heteroatoms. The Labute approximate surface area is 244 Å². The molecule has 0 spiro atoms. The van der Waals surface area contributed by atoms with Crippen LogP contribution < -0.4 is 5.32 Å². The van der Waals surface area contributed by atoms with Crippen LogP contribution in [0, 0.1) is 0 Å². The van der Waals surface area contributed by atoms with Gasteiger partial charge in [-0.25, -0.2) is 0 Å². The molecule has 200 valence electrons. The Morgan fingerprint density at radius 1 is 0.789 bits per heavy atom. The third-order valence-corrected chi connectivity index (χ3v) is 8.40. The first-order chi connectivity index (χ1) is 18.3. The van der Waals surface area contributed by atoms with Gasteiger partial charge in [0, 0.05) is 34.6 Å². The molecular formula is C30H30Cl4N2O2. The van der Waals surface area contributed by atoms with Gasteiger partial charge in [0.1, 0.15) is 6.04 Å². The van der Waals surface area contributed by atoms with E-state index in [1.54, 1.807) is 41.3 Å². The van der Waals surface area contributed by atoms with E-state index < -0.39 is 6.04 Å². The SMILES string of the molecule is O=C(NC1CCCCC1)[C@H](Cc1ccccc1)N(Cc1c(Cl)cccc1Cl)C(=O)Cc1ccc(Cl)c(Cl)c1. The first-order valence-electron chi connectivity index (χ1n) is 12.8. The van der Waals surface area contributed by atoms with Crippen molar-refractivity contribution in [3.05, 3.63) is 104 Å². The lowest BCUT2D eigenvalue weighted by Crippen LogP contribution is -2.53. The first kappa shape index (κ1) is 28.8. The van der Waals surface area contributed by atoms with Gasteiger partial charge >= 0.3 is 0 Å². The molecule has 0 aliphatic heterocycles. The Balaban J connectivity index is 1.70. The average molecular weight is 592 g/mol. The summed E-state index contributed by atoms with van der Waals surface area (Å²) in [5.41, 5.74) is 2.25. The molecule has 0 unspecified atom stereocenters. The van der Waals surface area contributed by atoms with Gasteiger partial charge in [0.25, 0.3) is 0 Å². The van der Waals surface area contributed by atoms with E-state index in [9.17, 15) is 9.59 Å². The highest BCUT2D eigenvalue weighted by Crippen LogP contribution is 2.29. The van der Waals surface area contributed by atoms with Gasteiger partial charge in [0.2, 0.25) is 11.8 Å². The van der Waals surface area contributed by atoms with Crippen molar-refractivity contribution < 1.29 is 9.59 Å². The van der Waals surface area contributed by atoms with Gasteiger partial charge in [-0.1, -0.05) is 108 Å². The molecule has 1 atom stereocenters. The van der Waals surface area contributed by atoms with Gasteiger partial charge in [-0.15, -0.1) is 0 Å². The molecule has 38 heavy (non-hydrogen) atoms. The lowest BCUT2D eigenvalue weighted by molar-refractivity contribution is -0.141. The second kappa shape index (κ2) is 13.7. The fourth-order valence-corrected chi connectivity index (χ4v) is 5.72. The fraction of sp³-hybridized carbons (Fsp3) is 0.333. The zero-order valence-corrected chi connectivity index (χ0v) is 24.0. The Hall–Kier alpha value is -2.24. The monoisotopic (exact) mass is 590 g/mol. The summed E-state index contributed by atoms with van der Waals surface area (Å²) in [6, 6.07) is 19.4. The van der Waals surface area contributed by atoms with Crippen LogP contribution in [0.25, 0.3) is 0 Å². The molecule has 3 aromatic rings. The lowest BCUT2D eigenvalue weighted by atomic mass is 9.94. The van der Waals surface area contributed by atoms with Gasteiger partial charge in [-0.05, 0) is 48.2 Å². The van der Waals surface area contributed by atoms with Crippen molar-refractivity contribution in [2.45, 2.75) is 63.6 Å². The van der Waals surface area contributed by atoms with Crippen molar-refractivity contribution in [2.75, 3.05) is 0 Å². The van der Waals surface area contributed by atoms with E-state index in [4.69, 9.17) is 46.4 Å². The minimum atomic E-state index is -0.762. The Bertz CT molecular complexity index is 1240. The van der Waals surface area contributed by atoms with Crippen LogP contribution in [0.1, 0.15) is 48.8 Å². The zero-order chi connectivity index (χ0) is 27.1. The number of amides is 2. The highest BCUT2D eigenvalue weighted by molar-refractivity contribution is 6.42. The maximum absolute atomic E-state index is 13.9. The number of hydrogen-bond donors (Lipinski definition) is 1. The smallest absolute Gasteiger partial charge is 0.243 e. The molecule has 3 aromatic carbocycles. The van der Waals surface area contributed by atoms with Crippen molar-refractivity contribution in [1.29, 1.82) is 0 Å². The second-order valence-electron chi connectivity index (χ2n) is 9.70. The summed E-state index contributed by atoms with van der Waals surface area (Å²) in [6.07, 6.45) is 5.64. The number of hydrogen-bond acceptors (Lipinski definition) is 2. The van der Waals surface area contributed by atoms with Crippen molar-refractivity contribution in [2.24, 2.45) is 0 Å². The Morgan fingerprint density at radius 3 is 2.13 bits per heavy atom. The number of benzene rings is 3. The summed E-state index contributed by atoms with van der Waals surface area (Å²) in [5, 5.41) is 4.90. The van der Waals surface area contributed by atoms with Crippen molar-refractivity contribution in [3.8, 4) is 0 Å². The van der Waals surface area contributed by atoms with Crippen LogP contribution >= 0.6 is 46.4 Å². The quantitative estimate of drug-likeness (QED) is 0.275. The van der Waals surface area contributed by atoms with E-state index in [2.05, 4.69) is 5.32 Å². The van der Waals surface area contributed by atoms with Crippen LogP contribution in [-0.4, -0.2) is 28.8 Å². The Kier molecular flexibility index (Phi) is 10.4. The summed E-state index contributed by atoms with van der Waals surface area (Å²) >= 11 is 25.4. The maximum atomic E-state index is 13.9. The molecule has 4 rings (SSSR count). The number of carbonyl (C=O) groups excluding carboxylic acids is 2. The van der Waals surface area contributed by atoms with Gasteiger partial charge in [0.15, 0.2) is 0 Å². The van der Waals surface area contributed by atoms with E-state index in [1.807, 2.05) is 30.3 Å². The lowest BCUT2D eigenvalue weighted by Gasteiger charge is -2.34. The van der Waals surface area contributed by atoms with Crippen LogP contribution in [0.2, 0.25) is 20.1 Å². The van der Waals surface area contributed by atoms with Crippen LogP contribution in [0.4, 0.5) is 0 Å². The largest absolute Gasteiger partial charge is 0.352 e. The molecule has 0 heterocycles. The summed E-state index contributed by atoms with van der Waals surface area (Å²) in [4.78, 5) is 29.4. The topological polar surface area (TPSA) is 49.4 Å². The van der Waals surface area contributed by atoms with Crippen LogP contribution in [-0.2, 0) is 29.0 Å². The predicted octanol–water partition coefficient (Wildman–Crippen LogP) is 7.93. The van der Waals surface area contributed by atoms with Crippen molar-refractivity contribution in [1.82, 2.24) is 10.2 Å². The molecule has 1 saturated carbocycles. The molecule has 4 nitrogen and oxygen atoms in total. The molecule has 1 aliphatic rings. The number of nitrogens with zero attached hydrogens (tertiary/aromatic N) is 1. The third kappa shape index (κ3) is 7.66. The predicted molar refractivity (Wildman–Crippen MR) is 156 cm³/mol. The molecule has 1 N–H and O–H groups in total. The first-order valence-corrected chi connectivity index (χ1v) is 14.3. The highest BCUT2D eigenvalue weighted by Gasteiger charge is 2.32. The Morgan fingerprint density at radius 2 is 1.47 bits per heavy atom. The number of carbonyl (C=O) groups is 2. The third-order valence-electron chi connectivity index (χ3n) is 6.95. The number of halogens is 4. The van der Waals surface area contributed by atoms with E-state index >= 15 is 0 Å². The van der Waals surface area contributed by atoms with Gasteiger partial charge in [-0.3, -0.25) is 9.59 Å². The zero-order valence-electron chi connectivity index (χ0n) is 20.9. The molecular weight excluding hydrogens is 562 g/mol. The van der Waals surface area contributed by atoms with Crippen molar-refractivity contribution in [3.63, 3.8) is 0 Å². The van der Waals surface area contributed by atoms with E-state index in [-0.39, 0.29) is 30.8 Å². The average Bonchev–Trinajstić information content (AvgIpc) is 2.91. The summed E-state index contributed by atoms with van der Waals surface area (Å²) in [6.45, 7) is 0.0915. The minimum Gasteiger partial charge on any atom is -0.352 e. The second-order valence-corrected chi connectivity index (χ2v) is 11.3. The van der Waals surface area contributed by atoms with Crippen LogP contribution in [0.3, 0.4) is 0 Å². The number of nitrogens with one attached hydrogen (secondary N) is 1. The van der Waals surface area contributed by atoms with Crippen LogP contribution in [0.15, 0.2) is 66.7 Å². The molecule has 0 aromatic heterocycles. The molecule has 0 saturated heterocycles. The summed E-state index contributed by atoms with van der Waals surface area (Å²) < 4.78 is 0. The molecule has 0 radical (unpaired) electrons. The van der Waals surface area contributed by atoms with E-state index in [1.165, 1.54) is 6.42 Å². The van der Waals surface area contributed by atoms with Crippen molar-refractivity contribution >= 4 is 58.2 Å².